The fourth-order valence-corrected chi connectivity index (χ4v) is 2.13. The molecule has 18 heavy (non-hydrogen) atoms. The summed E-state index contributed by atoms with van der Waals surface area (Å²) < 4.78 is 62.4. The Kier molecular flexibility index (Phi) is 3.62. The van der Waals surface area contributed by atoms with Crippen LogP contribution in [0.25, 0.3) is 0 Å². The molecule has 6 nitrogen and oxygen atoms in total. The first kappa shape index (κ1) is 14.4. The Morgan fingerprint density at radius 3 is 2.28 bits per heavy atom. The van der Waals surface area contributed by atoms with Crippen molar-refractivity contribution in [2.24, 2.45) is 0 Å². The summed E-state index contributed by atoms with van der Waals surface area (Å²) in [5.41, 5.74) is -2.41. The van der Waals surface area contributed by atoms with Crippen molar-refractivity contribution in [3.05, 3.63) is 33.9 Å². The van der Waals surface area contributed by atoms with Crippen molar-refractivity contribution < 1.29 is 26.5 Å². The van der Waals surface area contributed by atoms with Crippen LogP contribution in [0.4, 0.5) is 18.9 Å². The van der Waals surface area contributed by atoms with Crippen molar-refractivity contribution in [3.63, 3.8) is 0 Å². The third-order valence-electron chi connectivity index (χ3n) is 2.04. The highest BCUT2D eigenvalue weighted by atomic mass is 32.2. The highest BCUT2D eigenvalue weighted by Crippen LogP contribution is 2.36. The van der Waals surface area contributed by atoms with Crippen LogP contribution >= 0.6 is 0 Å². The van der Waals surface area contributed by atoms with Gasteiger partial charge in [-0.2, -0.15) is 13.2 Å². The van der Waals surface area contributed by atoms with Gasteiger partial charge in [0.25, 0.3) is 5.69 Å². The monoisotopic (exact) mass is 284 g/mol. The van der Waals surface area contributed by atoms with E-state index in [2.05, 4.69) is 0 Å². The molecule has 10 heteroatoms. The summed E-state index contributed by atoms with van der Waals surface area (Å²) in [6, 6.07) is 1.43. The lowest BCUT2D eigenvalue weighted by Gasteiger charge is -2.12. The molecule has 0 saturated carbocycles. The molecule has 0 radical (unpaired) electrons. The van der Waals surface area contributed by atoms with E-state index in [4.69, 9.17) is 0 Å². The number of halogens is 3. The van der Waals surface area contributed by atoms with Gasteiger partial charge in [0.2, 0.25) is 10.0 Å². The summed E-state index contributed by atoms with van der Waals surface area (Å²) in [4.78, 5) is 8.29. The highest BCUT2D eigenvalue weighted by molar-refractivity contribution is 7.89. The minimum atomic E-state index is -5.01. The number of alkyl halides is 3. The molecule has 100 valence electrons. The number of nitrogens with zero attached hydrogens (tertiary/aromatic N) is 1. The summed E-state index contributed by atoms with van der Waals surface area (Å²) >= 11 is 0. The number of non-ortho nitro benzene ring substituents is 1. The summed E-state index contributed by atoms with van der Waals surface area (Å²) in [7, 11) is -3.41. The SMILES string of the molecule is CNS(=O)(=O)c1ccc([N+](=O)[O-])cc1C(F)(F)F. The Labute approximate surface area is 99.6 Å². The van der Waals surface area contributed by atoms with Gasteiger partial charge in [0.1, 0.15) is 0 Å². The second kappa shape index (κ2) is 4.53. The topological polar surface area (TPSA) is 89.3 Å². The Bertz CT molecular complexity index is 582. The minimum absolute atomic E-state index is 0.185. The molecule has 0 amide bonds. The molecule has 1 aromatic rings. The van der Waals surface area contributed by atoms with Gasteiger partial charge in [0, 0.05) is 12.1 Å². The Morgan fingerprint density at radius 1 is 1.33 bits per heavy atom. The fourth-order valence-electron chi connectivity index (χ4n) is 1.20. The van der Waals surface area contributed by atoms with Gasteiger partial charge in [0.05, 0.1) is 15.4 Å². The molecule has 0 heterocycles. The maximum Gasteiger partial charge on any atom is 0.417 e. The van der Waals surface area contributed by atoms with Gasteiger partial charge in [0.15, 0.2) is 0 Å². The molecule has 0 aliphatic heterocycles. The summed E-state index contributed by atoms with van der Waals surface area (Å²) in [6.45, 7) is 0. The van der Waals surface area contributed by atoms with E-state index in [1.54, 1.807) is 4.72 Å². The fraction of sp³-hybridized carbons (Fsp3) is 0.250. The van der Waals surface area contributed by atoms with Crippen LogP contribution in [0.2, 0.25) is 0 Å². The van der Waals surface area contributed by atoms with Gasteiger partial charge in [-0.25, -0.2) is 13.1 Å². The van der Waals surface area contributed by atoms with E-state index in [0.717, 1.165) is 7.05 Å². The molecule has 1 aromatic carbocycles. The Morgan fingerprint density at radius 2 is 1.89 bits per heavy atom. The molecule has 0 fully saturated rings. The lowest BCUT2D eigenvalue weighted by atomic mass is 10.2. The molecule has 0 atom stereocenters. The standard InChI is InChI=1S/C8H7F3N2O4S/c1-12-18(16,17)7-3-2-5(13(14)15)4-6(7)8(9,10)11/h2-4,12H,1H3. The van der Waals surface area contributed by atoms with Crippen LogP contribution in [-0.4, -0.2) is 20.4 Å². The molecule has 0 aromatic heterocycles. The third-order valence-corrected chi connectivity index (χ3v) is 3.51. The second-order valence-corrected chi connectivity index (χ2v) is 5.00. The number of sulfonamides is 1. The summed E-state index contributed by atoms with van der Waals surface area (Å²) in [5.74, 6) is 0. The van der Waals surface area contributed by atoms with Crippen molar-refractivity contribution in [1.29, 1.82) is 0 Å². The third kappa shape index (κ3) is 2.76. The van der Waals surface area contributed by atoms with Crippen molar-refractivity contribution in [3.8, 4) is 0 Å². The highest BCUT2D eigenvalue weighted by Gasteiger charge is 2.38. The largest absolute Gasteiger partial charge is 0.417 e. The predicted octanol–water partition coefficient (Wildman–Crippen LogP) is 1.52. The van der Waals surface area contributed by atoms with Gasteiger partial charge in [-0.05, 0) is 13.1 Å². The van der Waals surface area contributed by atoms with E-state index in [1.165, 1.54) is 0 Å². The number of hydrogen-bond donors (Lipinski definition) is 1. The van der Waals surface area contributed by atoms with E-state index >= 15 is 0 Å². The van der Waals surface area contributed by atoms with Gasteiger partial charge < -0.3 is 0 Å². The van der Waals surface area contributed by atoms with Crippen LogP contribution < -0.4 is 4.72 Å². The zero-order chi connectivity index (χ0) is 14.1. The minimum Gasteiger partial charge on any atom is -0.258 e. The molecule has 0 aliphatic carbocycles. The average molecular weight is 284 g/mol. The second-order valence-electron chi connectivity index (χ2n) is 3.14. The number of hydrogen-bond acceptors (Lipinski definition) is 4. The molecule has 0 bridgehead atoms. The smallest absolute Gasteiger partial charge is 0.258 e. The Balaban J connectivity index is 3.60. The molecule has 1 N–H and O–H groups in total. The first-order chi connectivity index (χ1) is 8.09. The van der Waals surface area contributed by atoms with E-state index in [-0.39, 0.29) is 6.07 Å². The molecule has 0 spiro atoms. The zero-order valence-corrected chi connectivity index (χ0v) is 9.67. The summed E-state index contributed by atoms with van der Waals surface area (Å²) in [6.07, 6.45) is -5.01. The maximum absolute atomic E-state index is 12.6. The lowest BCUT2D eigenvalue weighted by molar-refractivity contribution is -0.385. The van der Waals surface area contributed by atoms with Crippen LogP contribution in [0.5, 0.6) is 0 Å². The van der Waals surface area contributed by atoms with Crippen molar-refractivity contribution >= 4 is 15.7 Å². The quantitative estimate of drug-likeness (QED) is 0.673. The molecular weight excluding hydrogens is 277 g/mol. The molecule has 0 unspecified atom stereocenters. The van der Waals surface area contributed by atoms with Gasteiger partial charge in [-0.15, -0.1) is 0 Å². The Hall–Kier alpha value is -1.68. The van der Waals surface area contributed by atoms with Gasteiger partial charge >= 0.3 is 6.18 Å². The number of nitro groups is 1. The van der Waals surface area contributed by atoms with Crippen LogP contribution in [0.3, 0.4) is 0 Å². The van der Waals surface area contributed by atoms with E-state index in [0.29, 0.717) is 12.1 Å². The molecule has 1 rings (SSSR count). The van der Waals surface area contributed by atoms with Crippen LogP contribution in [0, 0.1) is 10.1 Å². The van der Waals surface area contributed by atoms with Crippen molar-refractivity contribution in [1.82, 2.24) is 4.72 Å². The predicted molar refractivity (Wildman–Crippen MR) is 54.3 cm³/mol. The summed E-state index contributed by atoms with van der Waals surface area (Å²) in [5, 5.41) is 10.4. The first-order valence-electron chi connectivity index (χ1n) is 4.39. The lowest BCUT2D eigenvalue weighted by Crippen LogP contribution is -2.22. The normalized spacial score (nSPS) is 12.4. The molecule has 0 saturated heterocycles. The number of benzene rings is 1. The van der Waals surface area contributed by atoms with Crippen LogP contribution in [0.1, 0.15) is 5.56 Å². The zero-order valence-electron chi connectivity index (χ0n) is 8.85. The van der Waals surface area contributed by atoms with E-state index < -0.39 is 37.3 Å². The van der Waals surface area contributed by atoms with E-state index in [1.807, 2.05) is 0 Å². The van der Waals surface area contributed by atoms with Crippen molar-refractivity contribution in [2.75, 3.05) is 7.05 Å². The van der Waals surface area contributed by atoms with Crippen LogP contribution in [0.15, 0.2) is 23.1 Å². The van der Waals surface area contributed by atoms with Gasteiger partial charge in [-0.3, -0.25) is 10.1 Å². The average Bonchev–Trinajstić information content (AvgIpc) is 2.27. The first-order valence-corrected chi connectivity index (χ1v) is 5.87. The van der Waals surface area contributed by atoms with Gasteiger partial charge in [-0.1, -0.05) is 0 Å². The number of nitrogens with one attached hydrogen (secondary N) is 1. The van der Waals surface area contributed by atoms with E-state index in [9.17, 15) is 31.7 Å². The molecule has 0 aliphatic rings. The molecular formula is C8H7F3N2O4S. The number of nitro benzene ring substituents is 1. The van der Waals surface area contributed by atoms with Crippen molar-refractivity contribution in [2.45, 2.75) is 11.1 Å². The van der Waals surface area contributed by atoms with Crippen LogP contribution in [-0.2, 0) is 16.2 Å². The maximum atomic E-state index is 12.6. The number of rotatable bonds is 3.